The maximum atomic E-state index is 11.1. The first-order chi connectivity index (χ1) is 7.44. The molecule has 0 saturated carbocycles. The molecule has 86 valence electrons. The molecule has 16 heavy (non-hydrogen) atoms. The molecule has 0 saturated heterocycles. The van der Waals surface area contributed by atoms with Gasteiger partial charge < -0.3 is 5.32 Å². The lowest BCUT2D eigenvalue weighted by atomic mass is 9.92. The molecule has 0 aliphatic heterocycles. The van der Waals surface area contributed by atoms with Gasteiger partial charge in [0, 0.05) is 11.8 Å². The van der Waals surface area contributed by atoms with Crippen LogP contribution in [0.4, 0.5) is 0 Å². The quantitative estimate of drug-likeness (QED) is 0.616. The highest BCUT2D eigenvalue weighted by Gasteiger charge is 2.33. The number of nitrogens with zero attached hydrogens (tertiary/aromatic N) is 1. The van der Waals surface area contributed by atoms with Gasteiger partial charge in [-0.1, -0.05) is 30.3 Å². The molecular formula is C11H14N2O3. The lowest BCUT2D eigenvalue weighted by Gasteiger charge is -2.26. The Hall–Kier alpha value is -1.91. The molecular weight excluding hydrogens is 208 g/mol. The van der Waals surface area contributed by atoms with Crippen LogP contribution in [0.1, 0.15) is 19.4 Å². The fraction of sp³-hybridized carbons (Fsp3) is 0.364. The van der Waals surface area contributed by atoms with Crippen LogP contribution in [0.2, 0.25) is 0 Å². The molecule has 1 aromatic carbocycles. The Morgan fingerprint density at radius 1 is 1.44 bits per heavy atom. The summed E-state index contributed by atoms with van der Waals surface area (Å²) >= 11 is 0. The fourth-order valence-corrected chi connectivity index (χ4v) is 1.66. The monoisotopic (exact) mass is 222 g/mol. The molecule has 0 aliphatic carbocycles. The van der Waals surface area contributed by atoms with Crippen molar-refractivity contribution in [3.8, 4) is 0 Å². The first-order valence-electron chi connectivity index (χ1n) is 4.90. The minimum atomic E-state index is -0.962. The average Bonchev–Trinajstić information content (AvgIpc) is 2.16. The summed E-state index contributed by atoms with van der Waals surface area (Å²) in [6, 6.07) is 8.92. The van der Waals surface area contributed by atoms with Crippen molar-refractivity contribution in [1.82, 2.24) is 5.32 Å². The molecule has 0 bridgehead atoms. The lowest BCUT2D eigenvalue weighted by molar-refractivity contribution is -0.491. The molecule has 0 fully saturated rings. The summed E-state index contributed by atoms with van der Waals surface area (Å²) in [4.78, 5) is 21.3. The first-order valence-corrected chi connectivity index (χ1v) is 4.90. The maximum Gasteiger partial charge on any atom is 0.230 e. The SMILES string of the molecule is CC(=O)NC(C)(C[N+](=O)[O-])c1ccccc1. The number of hydrogen-bond acceptors (Lipinski definition) is 3. The van der Waals surface area contributed by atoms with E-state index in [4.69, 9.17) is 0 Å². The minimum absolute atomic E-state index is 0.284. The van der Waals surface area contributed by atoms with E-state index in [0.29, 0.717) is 0 Å². The summed E-state index contributed by atoms with van der Waals surface area (Å²) in [5, 5.41) is 13.2. The first kappa shape index (κ1) is 12.2. The van der Waals surface area contributed by atoms with Crippen molar-refractivity contribution in [2.24, 2.45) is 0 Å². The van der Waals surface area contributed by atoms with Crippen molar-refractivity contribution in [3.05, 3.63) is 46.0 Å². The van der Waals surface area contributed by atoms with E-state index >= 15 is 0 Å². The van der Waals surface area contributed by atoms with E-state index in [-0.39, 0.29) is 12.5 Å². The topological polar surface area (TPSA) is 72.2 Å². The zero-order valence-electron chi connectivity index (χ0n) is 9.27. The van der Waals surface area contributed by atoms with Crippen molar-refractivity contribution in [2.75, 3.05) is 6.54 Å². The Labute approximate surface area is 93.6 Å². The maximum absolute atomic E-state index is 11.1. The molecule has 0 aliphatic rings. The molecule has 1 rings (SSSR count). The third-order valence-electron chi connectivity index (χ3n) is 2.31. The van der Waals surface area contributed by atoms with Gasteiger partial charge in [-0.15, -0.1) is 0 Å². The van der Waals surface area contributed by atoms with E-state index in [1.54, 1.807) is 31.2 Å². The van der Waals surface area contributed by atoms with Gasteiger partial charge >= 0.3 is 0 Å². The zero-order valence-corrected chi connectivity index (χ0v) is 9.27. The number of carbonyl (C=O) groups is 1. The van der Waals surface area contributed by atoms with E-state index in [2.05, 4.69) is 5.32 Å². The largest absolute Gasteiger partial charge is 0.341 e. The van der Waals surface area contributed by atoms with E-state index in [1.165, 1.54) is 6.92 Å². The van der Waals surface area contributed by atoms with Crippen molar-refractivity contribution >= 4 is 5.91 Å². The highest BCUT2D eigenvalue weighted by molar-refractivity contribution is 5.74. The van der Waals surface area contributed by atoms with Crippen LogP contribution in [0.25, 0.3) is 0 Å². The summed E-state index contributed by atoms with van der Waals surface area (Å²) in [7, 11) is 0. The summed E-state index contributed by atoms with van der Waals surface area (Å²) < 4.78 is 0. The number of benzene rings is 1. The average molecular weight is 222 g/mol. The fourth-order valence-electron chi connectivity index (χ4n) is 1.66. The van der Waals surface area contributed by atoms with Crippen molar-refractivity contribution in [3.63, 3.8) is 0 Å². The Kier molecular flexibility index (Phi) is 3.60. The molecule has 5 nitrogen and oxygen atoms in total. The predicted molar refractivity (Wildman–Crippen MR) is 59.5 cm³/mol. The smallest absolute Gasteiger partial charge is 0.230 e. The Bertz CT molecular complexity index is 373. The van der Waals surface area contributed by atoms with Gasteiger partial charge in [0.25, 0.3) is 0 Å². The molecule has 5 heteroatoms. The van der Waals surface area contributed by atoms with E-state index in [9.17, 15) is 14.9 Å². The second-order valence-corrected chi connectivity index (χ2v) is 3.87. The van der Waals surface area contributed by atoms with E-state index in [1.807, 2.05) is 6.07 Å². The normalized spacial score (nSPS) is 13.9. The Morgan fingerprint density at radius 3 is 2.44 bits per heavy atom. The number of nitrogens with one attached hydrogen (secondary N) is 1. The molecule has 1 amide bonds. The van der Waals surface area contributed by atoms with Crippen LogP contribution in [-0.2, 0) is 10.3 Å². The van der Waals surface area contributed by atoms with Gasteiger partial charge in [0.1, 0.15) is 5.54 Å². The van der Waals surface area contributed by atoms with Crippen LogP contribution in [0.3, 0.4) is 0 Å². The van der Waals surface area contributed by atoms with Crippen LogP contribution in [0.15, 0.2) is 30.3 Å². The number of amides is 1. The summed E-state index contributed by atoms with van der Waals surface area (Å²) in [5.41, 5.74) is -0.238. The summed E-state index contributed by atoms with van der Waals surface area (Å²) in [5.74, 6) is -0.284. The highest BCUT2D eigenvalue weighted by Crippen LogP contribution is 2.20. The number of rotatable bonds is 4. The predicted octanol–water partition coefficient (Wildman–Crippen LogP) is 1.31. The third kappa shape index (κ3) is 3.05. The van der Waals surface area contributed by atoms with E-state index in [0.717, 1.165) is 5.56 Å². The number of carbonyl (C=O) groups excluding carboxylic acids is 1. The number of nitro groups is 1. The molecule has 1 atom stereocenters. The molecule has 1 aromatic rings. The van der Waals surface area contributed by atoms with E-state index < -0.39 is 10.5 Å². The van der Waals surface area contributed by atoms with Gasteiger partial charge in [-0.3, -0.25) is 14.9 Å². The third-order valence-corrected chi connectivity index (χ3v) is 2.31. The van der Waals surface area contributed by atoms with Gasteiger partial charge in [-0.05, 0) is 12.5 Å². The second kappa shape index (κ2) is 4.74. The molecule has 1 unspecified atom stereocenters. The van der Waals surface area contributed by atoms with Crippen LogP contribution in [0, 0.1) is 10.1 Å². The Balaban J connectivity index is 3.04. The van der Waals surface area contributed by atoms with Gasteiger partial charge in [-0.2, -0.15) is 0 Å². The second-order valence-electron chi connectivity index (χ2n) is 3.87. The number of hydrogen-bond donors (Lipinski definition) is 1. The van der Waals surface area contributed by atoms with Crippen molar-refractivity contribution in [2.45, 2.75) is 19.4 Å². The van der Waals surface area contributed by atoms with Crippen molar-refractivity contribution in [1.29, 1.82) is 0 Å². The van der Waals surface area contributed by atoms with Crippen LogP contribution >= 0.6 is 0 Å². The lowest BCUT2D eigenvalue weighted by Crippen LogP contribution is -2.47. The summed E-state index contributed by atoms with van der Waals surface area (Å²) in [6.07, 6.45) is 0. The van der Waals surface area contributed by atoms with Crippen molar-refractivity contribution < 1.29 is 9.72 Å². The molecule has 0 aromatic heterocycles. The molecule has 0 heterocycles. The van der Waals surface area contributed by atoms with Gasteiger partial charge in [0.2, 0.25) is 12.5 Å². The van der Waals surface area contributed by atoms with Gasteiger partial charge in [-0.25, -0.2) is 0 Å². The Morgan fingerprint density at radius 2 is 2.00 bits per heavy atom. The van der Waals surface area contributed by atoms with Crippen LogP contribution in [-0.4, -0.2) is 17.4 Å². The zero-order chi connectivity index (χ0) is 12.2. The van der Waals surface area contributed by atoms with Gasteiger partial charge in [0.05, 0.1) is 0 Å². The molecule has 0 spiro atoms. The standard InChI is InChI=1S/C11H14N2O3/c1-9(14)12-11(2,8-13(15)16)10-6-4-3-5-7-10/h3-7H,8H2,1-2H3,(H,12,14). The minimum Gasteiger partial charge on any atom is -0.341 e. The highest BCUT2D eigenvalue weighted by atomic mass is 16.6. The van der Waals surface area contributed by atoms with Crippen LogP contribution in [0.5, 0.6) is 0 Å². The molecule has 1 N–H and O–H groups in total. The van der Waals surface area contributed by atoms with Gasteiger partial charge in [0.15, 0.2) is 0 Å². The summed E-state index contributed by atoms with van der Waals surface area (Å²) in [6.45, 7) is 2.66. The molecule has 0 radical (unpaired) electrons. The van der Waals surface area contributed by atoms with Crippen LogP contribution < -0.4 is 5.32 Å².